The predicted octanol–water partition coefficient (Wildman–Crippen LogP) is 1.89. The van der Waals surface area contributed by atoms with Crippen LogP contribution in [0.2, 0.25) is 0 Å². The maximum atomic E-state index is 5.72. The minimum absolute atomic E-state index is 0.195. The first-order valence-electron chi connectivity index (χ1n) is 6.84. The van der Waals surface area contributed by atoms with E-state index < -0.39 is 0 Å². The van der Waals surface area contributed by atoms with E-state index in [4.69, 9.17) is 9.15 Å². The van der Waals surface area contributed by atoms with Gasteiger partial charge in [-0.15, -0.1) is 10.2 Å². The molecule has 1 fully saturated rings. The summed E-state index contributed by atoms with van der Waals surface area (Å²) < 4.78 is 11.2. The molecule has 1 N–H and O–H groups in total. The highest BCUT2D eigenvalue weighted by molar-refractivity contribution is 4.97. The van der Waals surface area contributed by atoms with Gasteiger partial charge in [0.05, 0.1) is 12.0 Å². The summed E-state index contributed by atoms with van der Waals surface area (Å²) in [5.41, 5.74) is 0. The van der Waals surface area contributed by atoms with E-state index in [0.717, 1.165) is 44.2 Å². The number of rotatable bonds is 6. The van der Waals surface area contributed by atoms with Crippen molar-refractivity contribution in [3.8, 4) is 0 Å². The molecule has 1 aliphatic heterocycles. The molecular weight excluding hydrogens is 230 g/mol. The largest absolute Gasteiger partial charge is 0.425 e. The van der Waals surface area contributed by atoms with Crippen LogP contribution >= 0.6 is 0 Å². The van der Waals surface area contributed by atoms with E-state index in [2.05, 4.69) is 36.3 Å². The van der Waals surface area contributed by atoms with E-state index in [1.54, 1.807) is 0 Å². The van der Waals surface area contributed by atoms with Gasteiger partial charge >= 0.3 is 0 Å². The Bertz CT molecular complexity index is 365. The van der Waals surface area contributed by atoms with Gasteiger partial charge in [-0.25, -0.2) is 0 Å². The first kappa shape index (κ1) is 13.5. The second-order valence-electron chi connectivity index (χ2n) is 5.22. The minimum Gasteiger partial charge on any atom is -0.425 e. The zero-order chi connectivity index (χ0) is 13.0. The monoisotopic (exact) mass is 253 g/mol. The van der Waals surface area contributed by atoms with Crippen LogP contribution in [-0.2, 0) is 11.2 Å². The number of aryl methyl sites for hydroxylation is 1. The molecule has 0 aromatic carbocycles. The lowest BCUT2D eigenvalue weighted by molar-refractivity contribution is 0.114. The predicted molar refractivity (Wildman–Crippen MR) is 68.5 cm³/mol. The lowest BCUT2D eigenvalue weighted by atomic mass is 10.0. The molecule has 5 heteroatoms. The van der Waals surface area contributed by atoms with Crippen molar-refractivity contribution in [2.75, 3.05) is 13.2 Å². The Balaban J connectivity index is 1.79. The van der Waals surface area contributed by atoms with Gasteiger partial charge in [-0.05, 0) is 26.3 Å². The quantitative estimate of drug-likeness (QED) is 0.784. The number of hydrogen-bond donors (Lipinski definition) is 1. The molecule has 0 amide bonds. The van der Waals surface area contributed by atoms with Crippen LogP contribution in [0.15, 0.2) is 4.42 Å². The van der Waals surface area contributed by atoms with Crippen molar-refractivity contribution >= 4 is 0 Å². The molecule has 2 unspecified atom stereocenters. The fraction of sp³-hybridized carbons (Fsp3) is 0.846. The number of nitrogens with one attached hydrogen (secondary N) is 1. The summed E-state index contributed by atoms with van der Waals surface area (Å²) in [5.74, 6) is 1.77. The van der Waals surface area contributed by atoms with Gasteiger partial charge in [0.1, 0.15) is 0 Å². The van der Waals surface area contributed by atoms with Crippen molar-refractivity contribution in [2.45, 2.75) is 58.1 Å². The lowest BCUT2D eigenvalue weighted by Gasteiger charge is -2.08. The third-order valence-corrected chi connectivity index (χ3v) is 3.30. The smallest absolute Gasteiger partial charge is 0.222 e. The molecule has 0 radical (unpaired) electrons. The Morgan fingerprint density at radius 3 is 2.89 bits per heavy atom. The molecule has 1 aromatic heterocycles. The van der Waals surface area contributed by atoms with Gasteiger partial charge in [0.15, 0.2) is 0 Å². The molecule has 0 spiro atoms. The minimum atomic E-state index is 0.195. The molecule has 2 heterocycles. The molecule has 0 aliphatic carbocycles. The van der Waals surface area contributed by atoms with Crippen LogP contribution in [-0.4, -0.2) is 35.5 Å². The van der Waals surface area contributed by atoms with Crippen LogP contribution in [0.4, 0.5) is 0 Å². The van der Waals surface area contributed by atoms with Gasteiger partial charge in [-0.2, -0.15) is 0 Å². The Labute approximate surface area is 108 Å². The average Bonchev–Trinajstić information content (AvgIpc) is 2.92. The van der Waals surface area contributed by atoms with Gasteiger partial charge < -0.3 is 14.5 Å². The van der Waals surface area contributed by atoms with Gasteiger partial charge in [0.25, 0.3) is 0 Å². The van der Waals surface area contributed by atoms with Crippen molar-refractivity contribution in [1.29, 1.82) is 0 Å². The van der Waals surface area contributed by atoms with E-state index in [9.17, 15) is 0 Å². The van der Waals surface area contributed by atoms with Crippen LogP contribution in [0.25, 0.3) is 0 Å². The maximum Gasteiger partial charge on any atom is 0.222 e. The summed E-state index contributed by atoms with van der Waals surface area (Å²) in [6.07, 6.45) is 3.05. The van der Waals surface area contributed by atoms with Gasteiger partial charge in [-0.3, -0.25) is 0 Å². The SMILES string of the molecule is CC(C)NCCCc1nnc(C2CCOC2C)o1. The van der Waals surface area contributed by atoms with Gasteiger partial charge in [0, 0.05) is 19.1 Å². The van der Waals surface area contributed by atoms with Crippen molar-refractivity contribution in [3.05, 3.63) is 11.8 Å². The topological polar surface area (TPSA) is 60.2 Å². The van der Waals surface area contributed by atoms with Crippen LogP contribution < -0.4 is 5.32 Å². The standard InChI is InChI=1S/C13H23N3O2/c1-9(2)14-7-4-5-12-15-16-13(18-12)11-6-8-17-10(11)3/h9-11,14H,4-8H2,1-3H3. The summed E-state index contributed by atoms with van der Waals surface area (Å²) in [6.45, 7) is 8.13. The highest BCUT2D eigenvalue weighted by atomic mass is 16.5. The molecule has 1 saturated heterocycles. The Morgan fingerprint density at radius 1 is 1.39 bits per heavy atom. The second-order valence-corrected chi connectivity index (χ2v) is 5.22. The molecule has 5 nitrogen and oxygen atoms in total. The molecule has 2 atom stereocenters. The first-order valence-corrected chi connectivity index (χ1v) is 6.84. The maximum absolute atomic E-state index is 5.72. The summed E-state index contributed by atoms with van der Waals surface area (Å²) in [7, 11) is 0. The number of nitrogens with zero attached hydrogens (tertiary/aromatic N) is 2. The molecule has 2 rings (SSSR count). The Morgan fingerprint density at radius 2 is 2.22 bits per heavy atom. The van der Waals surface area contributed by atoms with Crippen molar-refractivity contribution in [2.24, 2.45) is 0 Å². The van der Waals surface area contributed by atoms with Crippen LogP contribution in [0.1, 0.15) is 51.3 Å². The first-order chi connectivity index (χ1) is 8.66. The summed E-state index contributed by atoms with van der Waals surface area (Å²) >= 11 is 0. The van der Waals surface area contributed by atoms with Crippen molar-refractivity contribution in [1.82, 2.24) is 15.5 Å². The molecule has 1 aliphatic rings. The fourth-order valence-electron chi connectivity index (χ4n) is 2.20. The highest BCUT2D eigenvalue weighted by Gasteiger charge is 2.30. The molecule has 1 aromatic rings. The zero-order valence-electron chi connectivity index (χ0n) is 11.5. The lowest BCUT2D eigenvalue weighted by Crippen LogP contribution is -2.23. The number of ether oxygens (including phenoxy) is 1. The highest BCUT2D eigenvalue weighted by Crippen LogP contribution is 2.29. The van der Waals surface area contributed by atoms with Gasteiger partial charge in [0.2, 0.25) is 11.8 Å². The Kier molecular flexibility index (Phi) is 4.72. The average molecular weight is 253 g/mol. The number of aromatic nitrogens is 2. The summed E-state index contributed by atoms with van der Waals surface area (Å²) in [6, 6.07) is 0.528. The molecular formula is C13H23N3O2. The molecule has 102 valence electrons. The third-order valence-electron chi connectivity index (χ3n) is 3.30. The Hall–Kier alpha value is -0.940. The molecule has 0 bridgehead atoms. The molecule has 0 saturated carbocycles. The zero-order valence-corrected chi connectivity index (χ0v) is 11.5. The molecule has 18 heavy (non-hydrogen) atoms. The van der Waals surface area contributed by atoms with E-state index in [1.807, 2.05) is 0 Å². The number of hydrogen-bond acceptors (Lipinski definition) is 5. The third kappa shape index (κ3) is 3.53. The fourth-order valence-corrected chi connectivity index (χ4v) is 2.20. The van der Waals surface area contributed by atoms with E-state index in [0.29, 0.717) is 6.04 Å². The summed E-state index contributed by atoms with van der Waals surface area (Å²) in [5, 5.41) is 11.6. The van der Waals surface area contributed by atoms with Crippen LogP contribution in [0, 0.1) is 0 Å². The van der Waals surface area contributed by atoms with E-state index in [-0.39, 0.29) is 12.0 Å². The van der Waals surface area contributed by atoms with Crippen LogP contribution in [0.5, 0.6) is 0 Å². The second kappa shape index (κ2) is 6.29. The van der Waals surface area contributed by atoms with E-state index >= 15 is 0 Å². The van der Waals surface area contributed by atoms with E-state index in [1.165, 1.54) is 0 Å². The normalized spacial score (nSPS) is 24.0. The van der Waals surface area contributed by atoms with Crippen LogP contribution in [0.3, 0.4) is 0 Å². The summed E-state index contributed by atoms with van der Waals surface area (Å²) in [4.78, 5) is 0. The van der Waals surface area contributed by atoms with Crippen molar-refractivity contribution in [3.63, 3.8) is 0 Å². The van der Waals surface area contributed by atoms with Crippen molar-refractivity contribution < 1.29 is 9.15 Å². The van der Waals surface area contributed by atoms with Gasteiger partial charge in [-0.1, -0.05) is 13.8 Å².